The molecule has 0 fully saturated rings. The third kappa shape index (κ3) is 5.38. The van der Waals surface area contributed by atoms with Crippen molar-refractivity contribution < 1.29 is 37.0 Å². The van der Waals surface area contributed by atoms with Crippen LogP contribution in [0.2, 0.25) is 0 Å². The smallest absolute Gasteiger partial charge is 0.324 e. The summed E-state index contributed by atoms with van der Waals surface area (Å²) in [5.74, 6) is -0.879. The molecule has 0 saturated heterocycles. The van der Waals surface area contributed by atoms with Gasteiger partial charge >= 0.3 is 5.97 Å². The minimum atomic E-state index is -3.98. The number of ether oxygens (including phenoxy) is 3. The topological polar surface area (TPSA) is 137 Å². The van der Waals surface area contributed by atoms with Crippen LogP contribution in [0.5, 0.6) is 11.5 Å². The second-order valence-corrected chi connectivity index (χ2v) is 8.31. The molecular formula is C20H20N2O8S. The Bertz CT molecular complexity index is 1110. The van der Waals surface area contributed by atoms with E-state index in [1.165, 1.54) is 56.5 Å². The lowest BCUT2D eigenvalue weighted by Gasteiger charge is -2.18. The molecule has 1 amide bonds. The van der Waals surface area contributed by atoms with Crippen molar-refractivity contribution in [3.8, 4) is 11.5 Å². The second kappa shape index (κ2) is 9.14. The summed E-state index contributed by atoms with van der Waals surface area (Å²) >= 11 is 0. The predicted octanol–water partition coefficient (Wildman–Crippen LogP) is 1.12. The van der Waals surface area contributed by atoms with Gasteiger partial charge in [-0.05, 0) is 49.4 Å². The summed E-state index contributed by atoms with van der Waals surface area (Å²) in [6.45, 7) is 0.600. The Labute approximate surface area is 178 Å². The largest absolute Gasteiger partial charge is 0.497 e. The van der Waals surface area contributed by atoms with Crippen molar-refractivity contribution in [2.75, 3.05) is 25.6 Å². The number of carbonyl (C=O) groups is 3. The van der Waals surface area contributed by atoms with E-state index in [-0.39, 0.29) is 23.0 Å². The van der Waals surface area contributed by atoms with E-state index in [1.54, 1.807) is 0 Å². The lowest BCUT2D eigenvalue weighted by Crippen LogP contribution is -2.40. The van der Waals surface area contributed by atoms with Gasteiger partial charge in [-0.3, -0.25) is 14.4 Å². The molecule has 11 heteroatoms. The molecule has 0 aliphatic carbocycles. The summed E-state index contributed by atoms with van der Waals surface area (Å²) in [6, 6.07) is 8.81. The van der Waals surface area contributed by atoms with Gasteiger partial charge in [-0.15, -0.1) is 0 Å². The number of nitrogens with one attached hydrogen (secondary N) is 2. The molecular weight excluding hydrogens is 428 g/mol. The Kier molecular flexibility index (Phi) is 6.56. The van der Waals surface area contributed by atoms with Gasteiger partial charge in [0, 0.05) is 5.56 Å². The monoisotopic (exact) mass is 448 g/mol. The number of fused-ring (bicyclic) bond motifs is 1. The first-order chi connectivity index (χ1) is 14.7. The quantitative estimate of drug-likeness (QED) is 0.453. The molecule has 0 spiro atoms. The Morgan fingerprint density at radius 3 is 2.58 bits per heavy atom. The first-order valence-corrected chi connectivity index (χ1v) is 10.6. The number of hydrogen-bond donors (Lipinski definition) is 2. The minimum Gasteiger partial charge on any atom is -0.497 e. The molecule has 2 aromatic rings. The van der Waals surface area contributed by atoms with E-state index in [2.05, 4.69) is 10.0 Å². The SMILES string of the molecule is COc1ccc(S(=O)(=O)NC(C)C(=O)OCC(=O)c2ccc3c(c2)NC(=O)CO3)cc1. The fraction of sp³-hybridized carbons (Fsp3) is 0.250. The van der Waals surface area contributed by atoms with E-state index in [0.29, 0.717) is 17.2 Å². The van der Waals surface area contributed by atoms with Crippen LogP contribution >= 0.6 is 0 Å². The van der Waals surface area contributed by atoms with Crippen molar-refractivity contribution >= 4 is 33.4 Å². The van der Waals surface area contributed by atoms with Crippen LogP contribution in [-0.2, 0) is 24.3 Å². The maximum absolute atomic E-state index is 12.4. The van der Waals surface area contributed by atoms with Gasteiger partial charge in [0.05, 0.1) is 17.7 Å². The van der Waals surface area contributed by atoms with E-state index < -0.39 is 34.4 Å². The number of methoxy groups -OCH3 is 1. The predicted molar refractivity (Wildman–Crippen MR) is 109 cm³/mol. The number of anilines is 1. The fourth-order valence-electron chi connectivity index (χ4n) is 2.71. The summed E-state index contributed by atoms with van der Waals surface area (Å²) in [4.78, 5) is 35.8. The molecule has 10 nitrogen and oxygen atoms in total. The molecule has 0 bridgehead atoms. The molecule has 164 valence electrons. The van der Waals surface area contributed by atoms with Crippen LogP contribution in [0, 0.1) is 0 Å². The maximum Gasteiger partial charge on any atom is 0.324 e. The van der Waals surface area contributed by atoms with Gasteiger partial charge in [0.15, 0.2) is 19.0 Å². The third-order valence-corrected chi connectivity index (χ3v) is 5.89. The molecule has 2 N–H and O–H groups in total. The molecule has 0 aromatic heterocycles. The third-order valence-electron chi connectivity index (χ3n) is 4.34. The van der Waals surface area contributed by atoms with Crippen molar-refractivity contribution in [2.45, 2.75) is 17.9 Å². The molecule has 1 heterocycles. The van der Waals surface area contributed by atoms with Gasteiger partial charge in [0.2, 0.25) is 10.0 Å². The normalized spacial score (nSPS) is 13.9. The average molecular weight is 448 g/mol. The van der Waals surface area contributed by atoms with Crippen LogP contribution in [0.1, 0.15) is 17.3 Å². The molecule has 3 rings (SSSR count). The highest BCUT2D eigenvalue weighted by molar-refractivity contribution is 7.89. The fourth-order valence-corrected chi connectivity index (χ4v) is 3.90. The summed E-state index contributed by atoms with van der Waals surface area (Å²) in [5, 5.41) is 2.58. The van der Waals surface area contributed by atoms with Gasteiger partial charge in [0.25, 0.3) is 5.91 Å². The number of Topliss-reactive ketones (excluding diaryl/α,β-unsaturated/α-hetero) is 1. The Morgan fingerprint density at radius 1 is 1.19 bits per heavy atom. The van der Waals surface area contributed by atoms with Crippen LogP contribution in [0.15, 0.2) is 47.4 Å². The zero-order valence-corrected chi connectivity index (χ0v) is 17.5. The molecule has 0 radical (unpaired) electrons. The first-order valence-electron chi connectivity index (χ1n) is 9.12. The number of rotatable bonds is 8. The highest BCUT2D eigenvalue weighted by Gasteiger charge is 2.24. The number of hydrogen-bond acceptors (Lipinski definition) is 8. The molecule has 31 heavy (non-hydrogen) atoms. The molecule has 1 unspecified atom stereocenters. The van der Waals surface area contributed by atoms with Crippen LogP contribution in [0.3, 0.4) is 0 Å². The molecule has 1 aliphatic heterocycles. The van der Waals surface area contributed by atoms with E-state index in [4.69, 9.17) is 14.2 Å². The standard InChI is InChI=1S/C20H20N2O8S/c1-12(22-31(26,27)15-6-4-14(28-2)5-7-15)20(25)30-10-17(23)13-3-8-18-16(9-13)21-19(24)11-29-18/h3-9,12,22H,10-11H2,1-2H3,(H,21,24). The number of carbonyl (C=O) groups excluding carboxylic acids is 3. The van der Waals surface area contributed by atoms with Crippen LogP contribution < -0.4 is 19.5 Å². The van der Waals surface area contributed by atoms with Gasteiger partial charge in [-0.25, -0.2) is 8.42 Å². The van der Waals surface area contributed by atoms with Crippen molar-refractivity contribution in [1.29, 1.82) is 0 Å². The van der Waals surface area contributed by atoms with Crippen LogP contribution in [0.4, 0.5) is 5.69 Å². The number of sulfonamides is 1. The van der Waals surface area contributed by atoms with Gasteiger partial charge < -0.3 is 19.5 Å². The van der Waals surface area contributed by atoms with Crippen molar-refractivity contribution in [1.82, 2.24) is 4.72 Å². The summed E-state index contributed by atoms with van der Waals surface area (Å²) in [6.07, 6.45) is 0. The molecule has 0 saturated carbocycles. The van der Waals surface area contributed by atoms with Gasteiger partial charge in [0.1, 0.15) is 17.5 Å². The second-order valence-electron chi connectivity index (χ2n) is 6.60. The molecule has 1 aliphatic rings. The van der Waals surface area contributed by atoms with E-state index in [1.807, 2.05) is 0 Å². The number of ketones is 1. The van der Waals surface area contributed by atoms with Gasteiger partial charge in [-0.2, -0.15) is 4.72 Å². The highest BCUT2D eigenvalue weighted by Crippen LogP contribution is 2.28. The van der Waals surface area contributed by atoms with Crippen molar-refractivity contribution in [3.63, 3.8) is 0 Å². The van der Waals surface area contributed by atoms with Crippen LogP contribution in [0.25, 0.3) is 0 Å². The highest BCUT2D eigenvalue weighted by atomic mass is 32.2. The Morgan fingerprint density at radius 2 is 1.90 bits per heavy atom. The Balaban J connectivity index is 1.57. The lowest BCUT2D eigenvalue weighted by molar-refractivity contribution is -0.144. The average Bonchev–Trinajstić information content (AvgIpc) is 2.76. The van der Waals surface area contributed by atoms with Gasteiger partial charge in [-0.1, -0.05) is 0 Å². The lowest BCUT2D eigenvalue weighted by atomic mass is 10.1. The maximum atomic E-state index is 12.4. The van der Waals surface area contributed by atoms with E-state index in [9.17, 15) is 22.8 Å². The molecule has 2 aromatic carbocycles. The van der Waals surface area contributed by atoms with E-state index in [0.717, 1.165) is 0 Å². The van der Waals surface area contributed by atoms with Crippen molar-refractivity contribution in [2.24, 2.45) is 0 Å². The summed E-state index contributed by atoms with van der Waals surface area (Å²) in [7, 11) is -2.53. The summed E-state index contributed by atoms with van der Waals surface area (Å²) < 4.78 is 42.1. The first kappa shape index (κ1) is 22.2. The van der Waals surface area contributed by atoms with E-state index >= 15 is 0 Å². The Hall–Kier alpha value is -3.44. The number of esters is 1. The van der Waals surface area contributed by atoms with Crippen molar-refractivity contribution in [3.05, 3.63) is 48.0 Å². The zero-order valence-electron chi connectivity index (χ0n) is 16.7. The van der Waals surface area contributed by atoms with Crippen LogP contribution in [-0.4, -0.2) is 52.4 Å². The molecule has 1 atom stereocenters. The summed E-state index contributed by atoms with van der Waals surface area (Å²) in [5.41, 5.74) is 0.540. The number of amides is 1. The minimum absolute atomic E-state index is 0.0534. The number of benzene rings is 2. The zero-order chi connectivity index (χ0) is 22.6.